The van der Waals surface area contributed by atoms with E-state index in [2.05, 4.69) is 0 Å². The van der Waals surface area contributed by atoms with Crippen LogP contribution in [0.3, 0.4) is 0 Å². The van der Waals surface area contributed by atoms with Crippen LogP contribution in [0.2, 0.25) is 0 Å². The summed E-state index contributed by atoms with van der Waals surface area (Å²) < 4.78 is 0. The molecule has 4 N–H and O–H groups in total. The Bertz CT molecular complexity index is 167. The van der Waals surface area contributed by atoms with Gasteiger partial charge in [0.25, 0.3) is 5.78 Å². The number of carbonyl (C=O) groups is 1. The number of carbonyl (C=O) groups excluding carboxylic acids is 1. The predicted octanol–water partition coefficient (Wildman–Crippen LogP) is -1.26. The number of hydrogen-bond donors (Lipinski definition) is 4. The van der Waals surface area contributed by atoms with Crippen LogP contribution in [0.5, 0.6) is 0 Å². The number of aliphatic hydroxyl groups is 4. The van der Waals surface area contributed by atoms with Crippen LogP contribution in [0.25, 0.3) is 0 Å². The third-order valence-electron chi connectivity index (χ3n) is 1.53. The van der Waals surface area contributed by atoms with E-state index in [1.54, 1.807) is 6.92 Å². The molecule has 0 heterocycles. The highest BCUT2D eigenvalue weighted by atomic mass is 16.7. The summed E-state index contributed by atoms with van der Waals surface area (Å²) in [6.45, 7) is 2.84. The van der Waals surface area contributed by atoms with Crippen molar-refractivity contribution < 1.29 is 25.2 Å². The molecule has 0 bridgehead atoms. The summed E-state index contributed by atoms with van der Waals surface area (Å²) in [4.78, 5) is 10.9. The Morgan fingerprint density at radius 1 is 1.25 bits per heavy atom. The van der Waals surface area contributed by atoms with E-state index in [4.69, 9.17) is 15.3 Å². The van der Waals surface area contributed by atoms with Gasteiger partial charge in [-0.1, -0.05) is 13.3 Å². The highest BCUT2D eigenvalue weighted by Crippen LogP contribution is 2.17. The van der Waals surface area contributed by atoms with Gasteiger partial charge in [0.2, 0.25) is 0 Å². The zero-order valence-corrected chi connectivity index (χ0v) is 7.11. The van der Waals surface area contributed by atoms with Crippen LogP contribution < -0.4 is 0 Å². The fourth-order valence-electron chi connectivity index (χ4n) is 0.962. The SMILES string of the molecule is CCCC(C)(O)C(=O)C(O)(O)O. The minimum absolute atomic E-state index is 0.0647. The second-order valence-electron chi connectivity index (χ2n) is 2.99. The fraction of sp³-hybridized carbons (Fsp3) is 0.857. The van der Waals surface area contributed by atoms with Crippen molar-refractivity contribution in [2.24, 2.45) is 0 Å². The molecule has 5 heteroatoms. The summed E-state index contributed by atoms with van der Waals surface area (Å²) in [5.41, 5.74) is -1.90. The fourth-order valence-corrected chi connectivity index (χ4v) is 0.962. The maximum Gasteiger partial charge on any atom is 0.342 e. The number of Topliss-reactive ketones (excluding diaryl/α,β-unsaturated/α-hetero) is 1. The topological polar surface area (TPSA) is 98.0 Å². The van der Waals surface area contributed by atoms with Gasteiger partial charge in [-0.3, -0.25) is 4.79 Å². The van der Waals surface area contributed by atoms with E-state index in [1.165, 1.54) is 0 Å². The van der Waals surface area contributed by atoms with Crippen molar-refractivity contribution in [3.63, 3.8) is 0 Å². The summed E-state index contributed by atoms with van der Waals surface area (Å²) >= 11 is 0. The van der Waals surface area contributed by atoms with E-state index >= 15 is 0 Å². The second-order valence-corrected chi connectivity index (χ2v) is 2.99. The lowest BCUT2D eigenvalue weighted by atomic mass is 9.94. The smallest absolute Gasteiger partial charge is 0.342 e. The molecule has 0 saturated heterocycles. The number of ketones is 1. The zero-order chi connectivity index (χ0) is 9.99. The molecule has 5 nitrogen and oxygen atoms in total. The molecular formula is C7H14O5. The average molecular weight is 178 g/mol. The maximum absolute atomic E-state index is 10.9. The van der Waals surface area contributed by atoms with E-state index in [1.807, 2.05) is 0 Å². The summed E-state index contributed by atoms with van der Waals surface area (Å²) in [6, 6.07) is 0. The first-order valence-electron chi connectivity index (χ1n) is 3.66. The van der Waals surface area contributed by atoms with Crippen LogP contribution in [-0.4, -0.2) is 37.8 Å². The zero-order valence-electron chi connectivity index (χ0n) is 7.11. The lowest BCUT2D eigenvalue weighted by Gasteiger charge is -2.25. The van der Waals surface area contributed by atoms with Crippen LogP contribution >= 0.6 is 0 Å². The quantitative estimate of drug-likeness (QED) is 0.403. The van der Waals surface area contributed by atoms with E-state index in [0.717, 1.165) is 6.92 Å². The molecule has 0 fully saturated rings. The van der Waals surface area contributed by atoms with Crippen LogP contribution in [0.4, 0.5) is 0 Å². The molecule has 0 amide bonds. The third-order valence-corrected chi connectivity index (χ3v) is 1.53. The van der Waals surface area contributed by atoms with Gasteiger partial charge in [-0.2, -0.15) is 0 Å². The molecule has 0 aromatic rings. The first-order valence-corrected chi connectivity index (χ1v) is 3.66. The summed E-state index contributed by atoms with van der Waals surface area (Å²) in [5.74, 6) is -4.85. The van der Waals surface area contributed by atoms with Crippen molar-refractivity contribution in [1.29, 1.82) is 0 Å². The molecule has 0 aliphatic rings. The van der Waals surface area contributed by atoms with E-state index < -0.39 is 17.4 Å². The molecule has 0 spiro atoms. The molecule has 0 radical (unpaired) electrons. The first-order chi connectivity index (χ1) is 5.22. The van der Waals surface area contributed by atoms with Gasteiger partial charge < -0.3 is 20.4 Å². The third kappa shape index (κ3) is 2.86. The van der Waals surface area contributed by atoms with Gasteiger partial charge in [-0.25, -0.2) is 0 Å². The highest BCUT2D eigenvalue weighted by Gasteiger charge is 2.43. The van der Waals surface area contributed by atoms with Crippen molar-refractivity contribution in [2.75, 3.05) is 0 Å². The maximum atomic E-state index is 10.9. The van der Waals surface area contributed by atoms with E-state index in [0.29, 0.717) is 6.42 Å². The minimum Gasteiger partial charge on any atom is -0.382 e. The second kappa shape index (κ2) is 3.49. The molecule has 0 aliphatic heterocycles. The molecule has 1 unspecified atom stereocenters. The standard InChI is InChI=1S/C7H14O5/c1-3-4-6(2,9)5(8)7(10,11)12/h9-12H,3-4H2,1-2H3. The minimum atomic E-state index is -3.45. The Morgan fingerprint density at radius 3 is 1.92 bits per heavy atom. The molecule has 0 saturated carbocycles. The van der Waals surface area contributed by atoms with Crippen molar-refractivity contribution in [3.8, 4) is 0 Å². The van der Waals surface area contributed by atoms with E-state index in [-0.39, 0.29) is 6.42 Å². The van der Waals surface area contributed by atoms with Crippen molar-refractivity contribution >= 4 is 5.78 Å². The molecule has 0 aromatic carbocycles. The Kier molecular flexibility index (Phi) is 3.34. The Morgan fingerprint density at radius 2 is 1.67 bits per heavy atom. The van der Waals surface area contributed by atoms with Crippen molar-refractivity contribution in [2.45, 2.75) is 38.3 Å². The normalized spacial score (nSPS) is 17.2. The van der Waals surface area contributed by atoms with Crippen molar-refractivity contribution in [3.05, 3.63) is 0 Å². The molecular weight excluding hydrogens is 164 g/mol. The van der Waals surface area contributed by atoms with Gasteiger partial charge in [0, 0.05) is 0 Å². The molecule has 0 aromatic heterocycles. The van der Waals surface area contributed by atoms with Gasteiger partial charge in [0.1, 0.15) is 5.60 Å². The molecule has 72 valence electrons. The van der Waals surface area contributed by atoms with Crippen molar-refractivity contribution in [1.82, 2.24) is 0 Å². The molecule has 1 atom stereocenters. The molecule has 0 aliphatic carbocycles. The van der Waals surface area contributed by atoms with Gasteiger partial charge in [0.15, 0.2) is 0 Å². The Hall–Kier alpha value is -0.490. The van der Waals surface area contributed by atoms with Crippen LogP contribution in [0.15, 0.2) is 0 Å². The van der Waals surface area contributed by atoms with Crippen LogP contribution in [0, 0.1) is 0 Å². The molecule has 0 rings (SSSR count). The average Bonchev–Trinajstić information content (AvgIpc) is 1.84. The lowest BCUT2D eigenvalue weighted by Crippen LogP contribution is -2.51. The highest BCUT2D eigenvalue weighted by molar-refractivity contribution is 5.91. The van der Waals surface area contributed by atoms with Gasteiger partial charge in [-0.05, 0) is 13.3 Å². The van der Waals surface area contributed by atoms with Gasteiger partial charge in [0.05, 0.1) is 0 Å². The monoisotopic (exact) mass is 178 g/mol. The Labute approximate surface area is 70.3 Å². The summed E-state index contributed by atoms with van der Waals surface area (Å²) in [6.07, 6.45) is 0.560. The van der Waals surface area contributed by atoms with Crippen LogP contribution in [0.1, 0.15) is 26.7 Å². The van der Waals surface area contributed by atoms with E-state index in [9.17, 15) is 9.90 Å². The van der Waals surface area contributed by atoms with Gasteiger partial charge >= 0.3 is 5.97 Å². The lowest BCUT2D eigenvalue weighted by molar-refractivity contribution is -0.295. The largest absolute Gasteiger partial charge is 0.382 e. The molecule has 12 heavy (non-hydrogen) atoms. The summed E-state index contributed by atoms with van der Waals surface area (Å²) in [7, 11) is 0. The number of rotatable bonds is 4. The predicted molar refractivity (Wildman–Crippen MR) is 39.9 cm³/mol. The van der Waals surface area contributed by atoms with Gasteiger partial charge in [-0.15, -0.1) is 0 Å². The van der Waals surface area contributed by atoms with Crippen LogP contribution in [-0.2, 0) is 4.79 Å². The number of hydrogen-bond acceptors (Lipinski definition) is 5. The first kappa shape index (κ1) is 11.5. The summed E-state index contributed by atoms with van der Waals surface area (Å²) in [5, 5.41) is 34.6. The Balaban J connectivity index is 4.46.